The zero-order valence-electron chi connectivity index (χ0n) is 14.8. The van der Waals surface area contributed by atoms with Crippen LogP contribution in [0.2, 0.25) is 0 Å². The summed E-state index contributed by atoms with van der Waals surface area (Å²) in [7, 11) is 0. The second kappa shape index (κ2) is 7.97. The summed E-state index contributed by atoms with van der Waals surface area (Å²) in [5, 5.41) is 2.88. The van der Waals surface area contributed by atoms with E-state index in [0.717, 1.165) is 62.2 Å². The number of hydrogen-bond acceptors (Lipinski definition) is 6. The Bertz CT molecular complexity index is 770. The lowest BCUT2D eigenvalue weighted by Gasteiger charge is -2.20. The van der Waals surface area contributed by atoms with Crippen molar-refractivity contribution in [2.75, 3.05) is 43.1 Å². The van der Waals surface area contributed by atoms with Crippen LogP contribution in [0.4, 0.5) is 11.6 Å². The first-order valence-electron chi connectivity index (χ1n) is 9.30. The van der Waals surface area contributed by atoms with Crippen molar-refractivity contribution in [2.24, 2.45) is 0 Å². The maximum absolute atomic E-state index is 12.3. The Kier molecular flexibility index (Phi) is 5.26. The summed E-state index contributed by atoms with van der Waals surface area (Å²) in [5.74, 6) is 1.04. The number of aromatic nitrogens is 2. The number of ether oxygens (including phenoxy) is 2. The highest BCUT2D eigenvalue weighted by Gasteiger charge is 2.21. The van der Waals surface area contributed by atoms with Crippen molar-refractivity contribution in [1.29, 1.82) is 0 Å². The third-order valence-corrected chi connectivity index (χ3v) is 4.78. The molecule has 0 aliphatic carbocycles. The van der Waals surface area contributed by atoms with Gasteiger partial charge in [-0.25, -0.2) is 9.97 Å². The zero-order valence-corrected chi connectivity index (χ0v) is 14.8. The highest BCUT2D eigenvalue weighted by molar-refractivity contribution is 5.95. The van der Waals surface area contributed by atoms with E-state index in [1.807, 2.05) is 24.3 Å². The molecule has 1 amide bonds. The van der Waals surface area contributed by atoms with Gasteiger partial charge in [-0.15, -0.1) is 0 Å². The van der Waals surface area contributed by atoms with Crippen LogP contribution in [-0.4, -0.2) is 54.9 Å². The Morgan fingerprint density at radius 2 is 1.96 bits per heavy atom. The first-order valence-corrected chi connectivity index (χ1v) is 9.30. The van der Waals surface area contributed by atoms with E-state index in [2.05, 4.69) is 15.2 Å². The maximum Gasteiger partial charge on any atom is 0.251 e. The molecular weight excluding hydrogens is 332 g/mol. The van der Waals surface area contributed by atoms with E-state index in [1.54, 1.807) is 0 Å². The van der Waals surface area contributed by atoms with Crippen LogP contribution < -0.4 is 10.2 Å². The van der Waals surface area contributed by atoms with Crippen molar-refractivity contribution in [3.63, 3.8) is 0 Å². The van der Waals surface area contributed by atoms with Crippen molar-refractivity contribution in [3.8, 4) is 0 Å². The molecule has 1 aromatic carbocycles. The zero-order chi connectivity index (χ0) is 17.8. The minimum Gasteiger partial charge on any atom is -0.376 e. The topological polar surface area (TPSA) is 76.6 Å². The second-order valence-electron chi connectivity index (χ2n) is 6.78. The molecule has 0 radical (unpaired) electrons. The number of para-hydroxylation sites is 2. The van der Waals surface area contributed by atoms with Crippen LogP contribution in [0.15, 0.2) is 24.3 Å². The number of nitrogens with zero attached hydrogens (tertiary/aromatic N) is 3. The molecule has 0 bridgehead atoms. The lowest BCUT2D eigenvalue weighted by molar-refractivity contribution is -0.121. The minimum absolute atomic E-state index is 0.00614. The molecule has 2 aliphatic rings. The van der Waals surface area contributed by atoms with Crippen LogP contribution in [0.1, 0.15) is 25.7 Å². The summed E-state index contributed by atoms with van der Waals surface area (Å²) in [6.45, 7) is 3.10. The molecule has 2 aliphatic heterocycles. The Morgan fingerprint density at radius 1 is 1.19 bits per heavy atom. The van der Waals surface area contributed by atoms with E-state index in [4.69, 9.17) is 14.5 Å². The lowest BCUT2D eigenvalue weighted by atomic mass is 10.2. The predicted octanol–water partition coefficient (Wildman–Crippen LogP) is 2.36. The normalized spacial score (nSPS) is 20.0. The van der Waals surface area contributed by atoms with Crippen LogP contribution in [-0.2, 0) is 14.3 Å². The van der Waals surface area contributed by atoms with Gasteiger partial charge in [-0.2, -0.15) is 0 Å². The maximum atomic E-state index is 12.3. The first kappa shape index (κ1) is 17.2. The fourth-order valence-electron chi connectivity index (χ4n) is 3.45. The SMILES string of the molecule is O=C(COCC1CCCO1)Nc1nc2ccccc2nc1N1CCCC1. The van der Waals surface area contributed by atoms with Gasteiger partial charge in [-0.1, -0.05) is 12.1 Å². The van der Waals surface area contributed by atoms with Crippen molar-refractivity contribution >= 4 is 28.6 Å². The number of fused-ring (bicyclic) bond motifs is 1. The van der Waals surface area contributed by atoms with E-state index in [0.29, 0.717) is 12.4 Å². The molecule has 7 heteroatoms. The molecule has 0 saturated carbocycles. The quantitative estimate of drug-likeness (QED) is 0.856. The number of benzene rings is 1. The van der Waals surface area contributed by atoms with Crippen molar-refractivity contribution in [1.82, 2.24) is 9.97 Å². The molecule has 1 unspecified atom stereocenters. The standard InChI is InChI=1S/C19H24N4O3/c24-17(13-25-12-14-6-5-11-26-14)22-18-19(23-9-3-4-10-23)21-16-8-2-1-7-15(16)20-18/h1-2,7-8,14H,3-6,9-13H2,(H,20,22,24). The van der Waals surface area contributed by atoms with Crippen LogP contribution in [0, 0.1) is 0 Å². The molecule has 26 heavy (non-hydrogen) atoms. The fourth-order valence-corrected chi connectivity index (χ4v) is 3.45. The van der Waals surface area contributed by atoms with Crippen molar-refractivity contribution in [2.45, 2.75) is 31.8 Å². The summed E-state index contributed by atoms with van der Waals surface area (Å²) in [6, 6.07) is 7.71. The Morgan fingerprint density at radius 3 is 2.69 bits per heavy atom. The molecule has 2 fully saturated rings. The summed E-state index contributed by atoms with van der Waals surface area (Å²) in [5.41, 5.74) is 1.60. The molecule has 3 heterocycles. The van der Waals surface area contributed by atoms with Crippen LogP contribution in [0.25, 0.3) is 11.0 Å². The molecule has 1 aromatic heterocycles. The monoisotopic (exact) mass is 356 g/mol. The molecule has 1 N–H and O–H groups in total. The summed E-state index contributed by atoms with van der Waals surface area (Å²) < 4.78 is 11.0. The number of amides is 1. The molecular formula is C19H24N4O3. The number of hydrogen-bond donors (Lipinski definition) is 1. The molecule has 0 spiro atoms. The highest BCUT2D eigenvalue weighted by atomic mass is 16.5. The molecule has 4 rings (SSSR count). The Balaban J connectivity index is 1.46. The Labute approximate surface area is 152 Å². The Hall–Kier alpha value is -2.25. The van der Waals surface area contributed by atoms with E-state index >= 15 is 0 Å². The van der Waals surface area contributed by atoms with Crippen LogP contribution in [0.3, 0.4) is 0 Å². The molecule has 2 aromatic rings. The second-order valence-corrected chi connectivity index (χ2v) is 6.78. The number of nitrogens with one attached hydrogen (secondary N) is 1. The number of rotatable bonds is 6. The van der Waals surface area contributed by atoms with E-state index in [-0.39, 0.29) is 18.6 Å². The highest BCUT2D eigenvalue weighted by Crippen LogP contribution is 2.27. The molecule has 138 valence electrons. The third-order valence-electron chi connectivity index (χ3n) is 4.78. The van der Waals surface area contributed by atoms with Gasteiger partial charge in [0.1, 0.15) is 6.61 Å². The van der Waals surface area contributed by atoms with Crippen molar-refractivity contribution in [3.05, 3.63) is 24.3 Å². The predicted molar refractivity (Wildman–Crippen MR) is 99.4 cm³/mol. The van der Waals surface area contributed by atoms with Gasteiger partial charge in [-0.3, -0.25) is 4.79 Å². The third kappa shape index (κ3) is 3.94. The summed E-state index contributed by atoms with van der Waals surface area (Å²) in [6.07, 6.45) is 4.44. The van der Waals surface area contributed by atoms with E-state index in [1.165, 1.54) is 0 Å². The average Bonchev–Trinajstić information content (AvgIpc) is 3.35. The number of carbonyl (C=O) groups is 1. The van der Waals surface area contributed by atoms with Gasteiger partial charge in [0.2, 0.25) is 0 Å². The summed E-state index contributed by atoms with van der Waals surface area (Å²) >= 11 is 0. The molecule has 7 nitrogen and oxygen atoms in total. The van der Waals surface area contributed by atoms with Gasteiger partial charge in [0.25, 0.3) is 5.91 Å². The lowest BCUT2D eigenvalue weighted by Crippen LogP contribution is -2.26. The van der Waals surface area contributed by atoms with Gasteiger partial charge in [0, 0.05) is 19.7 Å². The average molecular weight is 356 g/mol. The van der Waals surface area contributed by atoms with Crippen LogP contribution >= 0.6 is 0 Å². The number of carbonyl (C=O) groups excluding carboxylic acids is 1. The fraction of sp³-hybridized carbons (Fsp3) is 0.526. The van der Waals surface area contributed by atoms with Gasteiger partial charge in [0.05, 0.1) is 23.7 Å². The molecule has 2 saturated heterocycles. The van der Waals surface area contributed by atoms with Gasteiger partial charge in [-0.05, 0) is 37.8 Å². The van der Waals surface area contributed by atoms with E-state index in [9.17, 15) is 4.79 Å². The van der Waals surface area contributed by atoms with Gasteiger partial charge < -0.3 is 19.7 Å². The van der Waals surface area contributed by atoms with Gasteiger partial charge >= 0.3 is 0 Å². The van der Waals surface area contributed by atoms with Crippen LogP contribution in [0.5, 0.6) is 0 Å². The molecule has 1 atom stereocenters. The van der Waals surface area contributed by atoms with Gasteiger partial charge in [0.15, 0.2) is 11.6 Å². The largest absolute Gasteiger partial charge is 0.376 e. The summed E-state index contributed by atoms with van der Waals surface area (Å²) in [4.78, 5) is 23.9. The smallest absolute Gasteiger partial charge is 0.251 e. The number of anilines is 2. The first-order chi connectivity index (χ1) is 12.8. The minimum atomic E-state index is -0.215. The van der Waals surface area contributed by atoms with E-state index < -0.39 is 0 Å². The van der Waals surface area contributed by atoms with Crippen molar-refractivity contribution < 1.29 is 14.3 Å².